The molecule has 0 N–H and O–H groups in total. The number of hydrogen-bond acceptors (Lipinski definition) is 8. The summed E-state index contributed by atoms with van der Waals surface area (Å²) in [5.41, 5.74) is 4.76. The summed E-state index contributed by atoms with van der Waals surface area (Å²) >= 11 is 4.91. The number of thioether (sulfide) groups is 2. The van der Waals surface area contributed by atoms with Crippen molar-refractivity contribution in [1.82, 2.24) is 20.4 Å². The van der Waals surface area contributed by atoms with Gasteiger partial charge in [-0.05, 0) is 43.0 Å². The summed E-state index contributed by atoms with van der Waals surface area (Å²) in [6, 6.07) is 16.9. The van der Waals surface area contributed by atoms with Crippen molar-refractivity contribution in [2.75, 3.05) is 0 Å². The van der Waals surface area contributed by atoms with Crippen molar-refractivity contribution < 1.29 is 4.42 Å². The van der Waals surface area contributed by atoms with E-state index in [-0.39, 0.29) is 5.25 Å². The Labute approximate surface area is 195 Å². The summed E-state index contributed by atoms with van der Waals surface area (Å²) in [5.74, 6) is 2.58. The van der Waals surface area contributed by atoms with Crippen LogP contribution >= 0.6 is 34.9 Å². The standard InChI is InChI=1S/C23H24N4OS3/c1-14(2)18-10-8-17(9-11-18)13-29-22-26-27-23(31-22)30-16(4)20-24-25-21(28-20)19-7-5-6-15(3)12-19/h5-12,14,16H,13H2,1-4H3. The van der Waals surface area contributed by atoms with Gasteiger partial charge >= 0.3 is 0 Å². The Bertz CT molecular complexity index is 1140. The van der Waals surface area contributed by atoms with E-state index in [4.69, 9.17) is 4.42 Å². The predicted molar refractivity (Wildman–Crippen MR) is 129 cm³/mol. The number of aryl methyl sites for hydroxylation is 1. The average molecular weight is 469 g/mol. The molecular weight excluding hydrogens is 444 g/mol. The first-order valence-electron chi connectivity index (χ1n) is 10.1. The summed E-state index contributed by atoms with van der Waals surface area (Å²) < 4.78 is 7.77. The molecule has 0 bridgehead atoms. The van der Waals surface area contributed by atoms with Gasteiger partial charge < -0.3 is 4.42 Å². The van der Waals surface area contributed by atoms with Crippen LogP contribution in [0.4, 0.5) is 0 Å². The van der Waals surface area contributed by atoms with Gasteiger partial charge in [0.25, 0.3) is 0 Å². The molecule has 0 fully saturated rings. The summed E-state index contributed by atoms with van der Waals surface area (Å²) in [6.07, 6.45) is 0. The Morgan fingerprint density at radius 1 is 0.935 bits per heavy atom. The maximum absolute atomic E-state index is 5.91. The molecule has 2 heterocycles. The van der Waals surface area contributed by atoms with Crippen molar-refractivity contribution >= 4 is 34.9 Å². The van der Waals surface area contributed by atoms with Crippen LogP contribution in [-0.4, -0.2) is 20.4 Å². The molecule has 5 nitrogen and oxygen atoms in total. The molecule has 0 amide bonds. The number of nitrogens with zero attached hydrogens (tertiary/aromatic N) is 4. The van der Waals surface area contributed by atoms with Crippen molar-refractivity contribution in [3.05, 3.63) is 71.1 Å². The van der Waals surface area contributed by atoms with Gasteiger partial charge in [-0.25, -0.2) is 0 Å². The summed E-state index contributed by atoms with van der Waals surface area (Å²) in [4.78, 5) is 0. The van der Waals surface area contributed by atoms with Gasteiger partial charge in [-0.15, -0.1) is 20.4 Å². The quantitative estimate of drug-likeness (QED) is 0.254. The molecule has 0 aliphatic heterocycles. The van der Waals surface area contributed by atoms with Crippen LogP contribution in [0.1, 0.15) is 54.5 Å². The molecule has 160 valence electrons. The minimum Gasteiger partial charge on any atom is -0.419 e. The van der Waals surface area contributed by atoms with Crippen LogP contribution in [0.3, 0.4) is 0 Å². The fourth-order valence-electron chi connectivity index (χ4n) is 2.94. The predicted octanol–water partition coefficient (Wildman–Crippen LogP) is 7.17. The largest absolute Gasteiger partial charge is 0.419 e. The molecular formula is C23H24N4OS3. The van der Waals surface area contributed by atoms with E-state index < -0.39 is 0 Å². The minimum absolute atomic E-state index is 0.000405. The van der Waals surface area contributed by atoms with Crippen LogP contribution in [0, 0.1) is 6.92 Å². The normalized spacial score (nSPS) is 12.4. The van der Waals surface area contributed by atoms with Crippen molar-refractivity contribution in [2.45, 2.75) is 53.3 Å². The van der Waals surface area contributed by atoms with Crippen molar-refractivity contribution in [1.29, 1.82) is 0 Å². The van der Waals surface area contributed by atoms with Gasteiger partial charge in [0.15, 0.2) is 8.68 Å². The smallest absolute Gasteiger partial charge is 0.247 e. The van der Waals surface area contributed by atoms with Crippen LogP contribution in [0.5, 0.6) is 0 Å². The fourth-order valence-corrected chi connectivity index (χ4v) is 6.09. The second kappa shape index (κ2) is 9.97. The van der Waals surface area contributed by atoms with Crippen LogP contribution < -0.4 is 0 Å². The third-order valence-electron chi connectivity index (χ3n) is 4.73. The molecule has 0 aliphatic rings. The van der Waals surface area contributed by atoms with Gasteiger partial charge in [-0.2, -0.15) is 0 Å². The van der Waals surface area contributed by atoms with E-state index in [1.807, 2.05) is 38.1 Å². The lowest BCUT2D eigenvalue weighted by molar-refractivity contribution is 0.509. The van der Waals surface area contributed by atoms with Crippen molar-refractivity contribution in [2.24, 2.45) is 0 Å². The van der Waals surface area contributed by atoms with E-state index in [2.05, 4.69) is 58.5 Å². The Hall–Kier alpha value is -2.16. The van der Waals surface area contributed by atoms with E-state index in [9.17, 15) is 0 Å². The SMILES string of the molecule is Cc1cccc(-c2nnc(C(C)Sc3nnc(SCc4ccc(C(C)C)cc4)s3)o2)c1. The highest BCUT2D eigenvalue weighted by molar-refractivity contribution is 8.03. The van der Waals surface area contributed by atoms with Gasteiger partial charge in [-0.1, -0.05) is 90.7 Å². The summed E-state index contributed by atoms with van der Waals surface area (Å²) in [6.45, 7) is 8.51. The summed E-state index contributed by atoms with van der Waals surface area (Å²) in [5, 5.41) is 17.1. The highest BCUT2D eigenvalue weighted by atomic mass is 32.2. The van der Waals surface area contributed by atoms with Gasteiger partial charge in [0, 0.05) is 11.3 Å². The van der Waals surface area contributed by atoms with E-state index in [0.29, 0.717) is 17.7 Å². The van der Waals surface area contributed by atoms with Crippen LogP contribution in [0.2, 0.25) is 0 Å². The first kappa shape index (κ1) is 22.0. The third kappa shape index (κ3) is 5.75. The third-order valence-corrected chi connectivity index (χ3v) is 8.03. The number of aromatic nitrogens is 4. The Balaban J connectivity index is 1.34. The number of benzene rings is 2. The van der Waals surface area contributed by atoms with E-state index in [1.165, 1.54) is 11.1 Å². The van der Waals surface area contributed by atoms with E-state index >= 15 is 0 Å². The molecule has 0 saturated carbocycles. The van der Waals surface area contributed by atoms with Gasteiger partial charge in [-0.3, -0.25) is 0 Å². The lowest BCUT2D eigenvalue weighted by Gasteiger charge is -2.06. The Morgan fingerprint density at radius 2 is 1.71 bits per heavy atom. The topological polar surface area (TPSA) is 64.7 Å². The maximum Gasteiger partial charge on any atom is 0.247 e. The minimum atomic E-state index is 0.000405. The molecule has 2 aromatic heterocycles. The zero-order valence-corrected chi connectivity index (χ0v) is 20.4. The highest BCUT2D eigenvalue weighted by Crippen LogP contribution is 2.38. The first-order valence-corrected chi connectivity index (χ1v) is 12.8. The van der Waals surface area contributed by atoms with E-state index in [0.717, 1.165) is 25.6 Å². The Kier molecular flexibility index (Phi) is 7.09. The van der Waals surface area contributed by atoms with Crippen LogP contribution in [0.25, 0.3) is 11.5 Å². The summed E-state index contributed by atoms with van der Waals surface area (Å²) in [7, 11) is 0. The van der Waals surface area contributed by atoms with Gasteiger partial charge in [0.2, 0.25) is 11.8 Å². The van der Waals surface area contributed by atoms with Gasteiger partial charge in [0.05, 0.1) is 5.25 Å². The lowest BCUT2D eigenvalue weighted by atomic mass is 10.0. The van der Waals surface area contributed by atoms with E-state index in [1.54, 1.807) is 34.9 Å². The van der Waals surface area contributed by atoms with Crippen molar-refractivity contribution in [3.8, 4) is 11.5 Å². The second-order valence-electron chi connectivity index (χ2n) is 7.59. The number of hydrogen-bond donors (Lipinski definition) is 0. The van der Waals surface area contributed by atoms with Crippen molar-refractivity contribution in [3.63, 3.8) is 0 Å². The Morgan fingerprint density at radius 3 is 2.45 bits per heavy atom. The monoisotopic (exact) mass is 468 g/mol. The zero-order chi connectivity index (χ0) is 21.8. The fraction of sp³-hybridized carbons (Fsp3) is 0.304. The highest BCUT2D eigenvalue weighted by Gasteiger charge is 2.19. The average Bonchev–Trinajstić information content (AvgIpc) is 3.42. The molecule has 31 heavy (non-hydrogen) atoms. The molecule has 0 spiro atoms. The lowest BCUT2D eigenvalue weighted by Crippen LogP contribution is -1.88. The first-order chi connectivity index (χ1) is 15.0. The molecule has 1 unspecified atom stereocenters. The molecule has 0 aliphatic carbocycles. The van der Waals surface area contributed by atoms with Gasteiger partial charge in [0.1, 0.15) is 0 Å². The molecule has 2 aromatic carbocycles. The van der Waals surface area contributed by atoms with Crippen LogP contribution in [0.15, 0.2) is 61.6 Å². The molecule has 4 aromatic rings. The maximum atomic E-state index is 5.91. The van der Waals surface area contributed by atoms with Crippen LogP contribution in [-0.2, 0) is 5.75 Å². The molecule has 4 rings (SSSR count). The molecule has 0 saturated heterocycles. The molecule has 0 radical (unpaired) electrons. The molecule has 8 heteroatoms. The second-order valence-corrected chi connectivity index (χ2v) is 11.4. The number of rotatable bonds is 8. The molecule has 1 atom stereocenters. The zero-order valence-electron chi connectivity index (χ0n) is 17.9.